The molecule has 0 aliphatic heterocycles. The molecular formula is C3HF7. The van der Waals surface area contributed by atoms with Crippen molar-refractivity contribution in [3.8, 4) is 0 Å². The molecule has 0 aromatic carbocycles. The first-order valence-electron chi connectivity index (χ1n) is 1.66. The third-order valence-electron chi connectivity index (χ3n) is 0.143. The van der Waals surface area contributed by atoms with E-state index in [2.05, 4.69) is 0 Å². The summed E-state index contributed by atoms with van der Waals surface area (Å²) in [4.78, 5) is 0. The van der Waals surface area contributed by atoms with Crippen molar-refractivity contribution in [2.24, 2.45) is 0 Å². The molecule has 0 aliphatic rings. The van der Waals surface area contributed by atoms with Crippen LogP contribution in [0, 0.1) is 0 Å². The van der Waals surface area contributed by atoms with Gasteiger partial charge in [0.25, 0.3) is 0 Å². The van der Waals surface area contributed by atoms with Gasteiger partial charge in [0.15, 0.2) is 0 Å². The first kappa shape index (κ1) is 12.0. The molecule has 0 nitrogen and oxygen atoms in total. The molecule has 62 valence electrons. The van der Waals surface area contributed by atoms with Crippen LogP contribution in [0.1, 0.15) is 0 Å². The maximum Gasteiger partial charge on any atom is 0.379 e. The summed E-state index contributed by atoms with van der Waals surface area (Å²) in [5, 5.41) is 0. The average molecular weight is 170 g/mol. The Kier molecular flexibility index (Phi) is 7.63. The Labute approximate surface area is 50.9 Å². The van der Waals surface area contributed by atoms with E-state index in [0.717, 1.165) is 0 Å². The minimum atomic E-state index is -3.67. The minimum absolute atomic E-state index is 2.91. The van der Waals surface area contributed by atoms with Crippen molar-refractivity contribution >= 4 is 0 Å². The van der Waals surface area contributed by atoms with Gasteiger partial charge in [0.05, 0.1) is 0 Å². The normalized spacial score (nSPS) is 8.40. The standard InChI is InChI=1S/C2F4.CHF3/c3-1(4)2(5)6;2-1(3)4/h;1H. The zero-order chi connectivity index (χ0) is 8.73. The molecule has 0 fully saturated rings. The fourth-order valence-electron chi connectivity index (χ4n) is 0. The summed E-state index contributed by atoms with van der Waals surface area (Å²) in [7, 11) is 0. The van der Waals surface area contributed by atoms with Gasteiger partial charge in [-0.1, -0.05) is 0 Å². The summed E-state index contributed by atoms with van der Waals surface area (Å²) < 4.78 is 70.1. The molecule has 0 N–H and O–H groups in total. The Balaban J connectivity index is 0. The van der Waals surface area contributed by atoms with Crippen molar-refractivity contribution in [1.82, 2.24) is 0 Å². The Morgan fingerprint density at radius 1 is 0.700 bits per heavy atom. The molecule has 0 amide bonds. The van der Waals surface area contributed by atoms with Gasteiger partial charge in [0.2, 0.25) is 0 Å². The maximum absolute atomic E-state index is 10.3. The van der Waals surface area contributed by atoms with Gasteiger partial charge in [0.1, 0.15) is 0 Å². The van der Waals surface area contributed by atoms with Gasteiger partial charge in [-0.2, -0.15) is 30.7 Å². The number of alkyl halides is 3. The second-order valence-corrected chi connectivity index (χ2v) is 0.768. The Hall–Kier alpha value is -0.750. The maximum atomic E-state index is 10.3. The third kappa shape index (κ3) is 26.8. The molecule has 0 aromatic rings. The van der Waals surface area contributed by atoms with Gasteiger partial charge in [-0.3, -0.25) is 0 Å². The Bertz CT molecular complexity index is 84.7. The summed E-state index contributed by atoms with van der Waals surface area (Å²) in [6.07, 6.45) is -5.81. The molecule has 0 rings (SSSR count). The summed E-state index contributed by atoms with van der Waals surface area (Å²) in [6, 6.07) is 0. The van der Waals surface area contributed by atoms with Gasteiger partial charge in [-0.05, 0) is 0 Å². The topological polar surface area (TPSA) is 0 Å². The summed E-state index contributed by atoms with van der Waals surface area (Å²) in [5.41, 5.74) is 0. The Morgan fingerprint density at radius 2 is 0.800 bits per heavy atom. The van der Waals surface area contributed by atoms with Crippen molar-refractivity contribution in [1.29, 1.82) is 0 Å². The largest absolute Gasteiger partial charge is 0.379 e. The average Bonchev–Trinajstić information content (AvgIpc) is 1.63. The molecule has 0 aliphatic carbocycles. The van der Waals surface area contributed by atoms with Crippen molar-refractivity contribution in [3.63, 3.8) is 0 Å². The smallest absolute Gasteiger partial charge is 0.174 e. The van der Waals surface area contributed by atoms with E-state index in [0.29, 0.717) is 0 Å². The van der Waals surface area contributed by atoms with Crippen LogP contribution in [-0.2, 0) is 0 Å². The summed E-state index contributed by atoms with van der Waals surface area (Å²) >= 11 is 0. The van der Waals surface area contributed by atoms with Crippen LogP contribution in [0.25, 0.3) is 0 Å². The Morgan fingerprint density at radius 3 is 0.800 bits per heavy atom. The first-order valence-corrected chi connectivity index (χ1v) is 1.66. The molecule has 0 spiro atoms. The highest BCUT2D eigenvalue weighted by Crippen LogP contribution is 2.08. The third-order valence-corrected chi connectivity index (χ3v) is 0.143. The van der Waals surface area contributed by atoms with Gasteiger partial charge in [-0.15, -0.1) is 0 Å². The van der Waals surface area contributed by atoms with E-state index in [1.165, 1.54) is 0 Å². The van der Waals surface area contributed by atoms with Crippen LogP contribution in [0.2, 0.25) is 0 Å². The highest BCUT2D eigenvalue weighted by Gasteiger charge is 1.98. The summed E-state index contributed by atoms with van der Waals surface area (Å²) in [5.74, 6) is 0. The van der Waals surface area contributed by atoms with E-state index < -0.39 is 18.8 Å². The number of halogens is 7. The molecule has 0 aromatic heterocycles. The van der Waals surface area contributed by atoms with Crippen LogP contribution in [0.4, 0.5) is 30.7 Å². The second-order valence-electron chi connectivity index (χ2n) is 0.768. The van der Waals surface area contributed by atoms with Gasteiger partial charge >= 0.3 is 18.8 Å². The number of hydrogen-bond donors (Lipinski definition) is 0. The summed E-state index contributed by atoms with van der Waals surface area (Å²) in [6.45, 7) is -3.67. The highest BCUT2D eigenvalue weighted by molar-refractivity contribution is 4.77. The van der Waals surface area contributed by atoms with Gasteiger partial charge in [-0.25, -0.2) is 0 Å². The van der Waals surface area contributed by atoms with Crippen molar-refractivity contribution in [2.75, 3.05) is 0 Å². The molecule has 0 radical (unpaired) electrons. The zero-order valence-corrected chi connectivity index (χ0v) is 4.22. The highest BCUT2D eigenvalue weighted by atomic mass is 19.4. The van der Waals surface area contributed by atoms with Gasteiger partial charge < -0.3 is 0 Å². The quantitative estimate of drug-likeness (QED) is 0.489. The lowest BCUT2D eigenvalue weighted by Gasteiger charge is -1.69. The van der Waals surface area contributed by atoms with E-state index in [1.54, 1.807) is 0 Å². The second kappa shape index (κ2) is 6.37. The van der Waals surface area contributed by atoms with E-state index in [1.807, 2.05) is 0 Å². The van der Waals surface area contributed by atoms with Crippen LogP contribution in [0.5, 0.6) is 0 Å². The van der Waals surface area contributed by atoms with Gasteiger partial charge in [0, 0.05) is 0 Å². The predicted octanol–water partition coefficient (Wildman–Crippen LogP) is 3.17. The lowest BCUT2D eigenvalue weighted by Crippen LogP contribution is -1.65. The van der Waals surface area contributed by atoms with Crippen LogP contribution in [-0.4, -0.2) is 6.68 Å². The van der Waals surface area contributed by atoms with Crippen molar-refractivity contribution < 1.29 is 30.7 Å². The fraction of sp³-hybridized carbons (Fsp3) is 0.333. The van der Waals surface area contributed by atoms with E-state index in [-0.39, 0.29) is 0 Å². The molecule has 0 saturated heterocycles. The monoisotopic (exact) mass is 170 g/mol. The molecule has 0 saturated carbocycles. The molecular weight excluding hydrogens is 169 g/mol. The fourth-order valence-corrected chi connectivity index (χ4v) is 0. The molecule has 0 unspecified atom stereocenters. The minimum Gasteiger partial charge on any atom is -0.174 e. The molecule has 0 atom stereocenters. The van der Waals surface area contributed by atoms with E-state index in [4.69, 9.17) is 0 Å². The molecule has 0 bridgehead atoms. The molecule has 7 heteroatoms. The van der Waals surface area contributed by atoms with Crippen LogP contribution < -0.4 is 0 Å². The SMILES string of the molecule is FC(F)=C(F)F.FC(F)F. The van der Waals surface area contributed by atoms with Crippen LogP contribution in [0.3, 0.4) is 0 Å². The first-order chi connectivity index (χ1) is 4.37. The molecule has 0 heterocycles. The lowest BCUT2D eigenvalue weighted by atomic mass is 11.1. The zero-order valence-electron chi connectivity index (χ0n) is 4.22. The van der Waals surface area contributed by atoms with E-state index in [9.17, 15) is 30.7 Å². The number of hydrogen-bond acceptors (Lipinski definition) is 0. The lowest BCUT2D eigenvalue weighted by molar-refractivity contribution is 0.00819. The van der Waals surface area contributed by atoms with Crippen LogP contribution >= 0.6 is 0 Å². The molecule has 10 heavy (non-hydrogen) atoms. The number of rotatable bonds is 0. The predicted molar refractivity (Wildman–Crippen MR) is 18.6 cm³/mol. The van der Waals surface area contributed by atoms with E-state index >= 15 is 0 Å². The van der Waals surface area contributed by atoms with Crippen molar-refractivity contribution in [3.05, 3.63) is 12.2 Å². The van der Waals surface area contributed by atoms with Crippen LogP contribution in [0.15, 0.2) is 12.2 Å². The van der Waals surface area contributed by atoms with Crippen molar-refractivity contribution in [2.45, 2.75) is 6.68 Å².